The van der Waals surface area contributed by atoms with Crippen molar-refractivity contribution < 1.29 is 51.4 Å². The first-order valence-electron chi connectivity index (χ1n) is 11.8. The van der Waals surface area contributed by atoms with Gasteiger partial charge in [-0.3, -0.25) is 23.8 Å². The maximum Gasteiger partial charge on any atom is 0.459 e. The van der Waals surface area contributed by atoms with Crippen LogP contribution in [-0.2, 0) is 32.9 Å². The molecule has 39 heavy (non-hydrogen) atoms. The SMILES string of the molecule is C=C=C[C@]1(F)[C@H](N2C=CC(=O)CC2=O)O[C@](F)(COP(=O)(N[C@@H](C)C(=O)OC(C)C)Oc2ccccc2)[C@H]1O. The zero-order valence-corrected chi connectivity index (χ0v) is 22.3. The van der Waals surface area contributed by atoms with Crippen LogP contribution in [0.15, 0.2) is 61.0 Å². The molecule has 212 valence electrons. The standard InChI is InChI=1S/C25H29F2N2O9P/c1-5-12-24(26)22(33)25(27,37-23(24)29-13-11-18(30)14-20(29)31)15-35-39(34,38-19-9-7-6-8-10-19)28-17(4)21(32)36-16(2)3/h6-13,16-17,22-23,33H,1,14-15H2,2-4H3,(H,28,34)/t17-,22-,23+,24+,25+,39?/m0/s1. The normalized spacial score (nSPS) is 29.1. The summed E-state index contributed by atoms with van der Waals surface area (Å²) in [6.07, 6.45) is -3.44. The first-order valence-corrected chi connectivity index (χ1v) is 13.4. The van der Waals surface area contributed by atoms with Crippen molar-refractivity contribution in [3.8, 4) is 5.75 Å². The van der Waals surface area contributed by atoms with Gasteiger partial charge in [-0.1, -0.05) is 24.8 Å². The van der Waals surface area contributed by atoms with Crippen LogP contribution >= 0.6 is 7.75 Å². The molecule has 0 saturated carbocycles. The number of ether oxygens (including phenoxy) is 2. The van der Waals surface area contributed by atoms with E-state index in [0.717, 1.165) is 12.3 Å². The Labute approximate surface area is 223 Å². The molecule has 0 spiro atoms. The van der Waals surface area contributed by atoms with E-state index < -0.39 is 74.4 Å². The Morgan fingerprint density at radius 2 is 2.00 bits per heavy atom. The molecule has 2 aliphatic rings. The third-order valence-electron chi connectivity index (χ3n) is 5.58. The van der Waals surface area contributed by atoms with Crippen LogP contribution in [0.2, 0.25) is 0 Å². The number of rotatable bonds is 11. The lowest BCUT2D eigenvalue weighted by Crippen LogP contribution is -2.52. The number of hydrogen-bond acceptors (Lipinski definition) is 9. The lowest BCUT2D eigenvalue weighted by atomic mass is 9.93. The van der Waals surface area contributed by atoms with Gasteiger partial charge in [0.25, 0.3) is 5.85 Å². The van der Waals surface area contributed by atoms with Gasteiger partial charge >= 0.3 is 13.7 Å². The van der Waals surface area contributed by atoms with Crippen LogP contribution in [-0.4, -0.2) is 70.3 Å². The number of hydrogen-bond donors (Lipinski definition) is 2. The van der Waals surface area contributed by atoms with Gasteiger partial charge < -0.3 is 19.1 Å². The number of benzene rings is 1. The number of esters is 1. The summed E-state index contributed by atoms with van der Waals surface area (Å²) < 4.78 is 66.6. The van der Waals surface area contributed by atoms with Crippen molar-refractivity contribution in [1.82, 2.24) is 9.99 Å². The van der Waals surface area contributed by atoms with E-state index in [4.69, 9.17) is 18.5 Å². The van der Waals surface area contributed by atoms with Gasteiger partial charge in [0.1, 0.15) is 18.4 Å². The zero-order valence-electron chi connectivity index (χ0n) is 21.4. The minimum absolute atomic E-state index is 0.0135. The molecule has 14 heteroatoms. The summed E-state index contributed by atoms with van der Waals surface area (Å²) in [6, 6.07) is 6.30. The monoisotopic (exact) mass is 570 g/mol. The predicted octanol–water partition coefficient (Wildman–Crippen LogP) is 2.87. The molecule has 2 heterocycles. The van der Waals surface area contributed by atoms with E-state index in [1.165, 1.54) is 19.1 Å². The molecule has 0 radical (unpaired) electrons. The Morgan fingerprint density at radius 3 is 2.59 bits per heavy atom. The first kappa shape index (κ1) is 30.4. The fraction of sp³-hybridized carbons (Fsp3) is 0.440. The van der Waals surface area contributed by atoms with Gasteiger partial charge in [0.2, 0.25) is 11.6 Å². The lowest BCUT2D eigenvalue weighted by Gasteiger charge is -2.32. The van der Waals surface area contributed by atoms with Gasteiger partial charge in [-0.05, 0) is 39.0 Å². The number of halogens is 2. The van der Waals surface area contributed by atoms with Crippen LogP contribution in [0.5, 0.6) is 5.75 Å². The van der Waals surface area contributed by atoms with Crippen molar-refractivity contribution in [2.45, 2.75) is 63.2 Å². The average Bonchev–Trinajstić information content (AvgIpc) is 3.05. The van der Waals surface area contributed by atoms with E-state index in [0.29, 0.717) is 11.0 Å². The molecule has 1 aromatic rings. The van der Waals surface area contributed by atoms with Gasteiger partial charge in [0.15, 0.2) is 18.1 Å². The van der Waals surface area contributed by atoms with E-state index in [1.54, 1.807) is 32.0 Å². The number of aliphatic hydroxyl groups is 1. The highest BCUT2D eigenvalue weighted by Crippen LogP contribution is 2.50. The van der Waals surface area contributed by atoms with E-state index in [9.17, 15) is 24.1 Å². The molecule has 2 aliphatic heterocycles. The van der Waals surface area contributed by atoms with Crippen molar-refractivity contribution >= 4 is 25.4 Å². The quantitative estimate of drug-likeness (QED) is 0.177. The van der Waals surface area contributed by atoms with Gasteiger partial charge in [0.05, 0.1) is 12.5 Å². The molecule has 0 aromatic heterocycles. The van der Waals surface area contributed by atoms with Crippen LogP contribution in [0.25, 0.3) is 0 Å². The van der Waals surface area contributed by atoms with E-state index in [-0.39, 0.29) is 5.75 Å². The highest BCUT2D eigenvalue weighted by atomic mass is 31.2. The fourth-order valence-corrected chi connectivity index (χ4v) is 5.26. The summed E-state index contributed by atoms with van der Waals surface area (Å²) in [5, 5.41) is 13.0. The first-order chi connectivity index (χ1) is 18.2. The average molecular weight is 570 g/mol. The molecule has 0 aliphatic carbocycles. The fourth-order valence-electron chi connectivity index (χ4n) is 3.76. The second kappa shape index (κ2) is 11.9. The topological polar surface area (TPSA) is 141 Å². The van der Waals surface area contributed by atoms with Crippen LogP contribution in [0.3, 0.4) is 0 Å². The van der Waals surface area contributed by atoms with Crippen LogP contribution in [0.1, 0.15) is 27.2 Å². The maximum atomic E-state index is 16.0. The second-order valence-corrected chi connectivity index (χ2v) is 10.8. The molecule has 11 nitrogen and oxygen atoms in total. The molecule has 1 amide bonds. The molecule has 1 fully saturated rings. The molecule has 3 rings (SSSR count). The molecule has 0 bridgehead atoms. The smallest absolute Gasteiger partial charge is 0.459 e. The van der Waals surface area contributed by atoms with Crippen molar-refractivity contribution in [1.29, 1.82) is 0 Å². The predicted molar refractivity (Wildman–Crippen MR) is 132 cm³/mol. The third-order valence-corrected chi connectivity index (χ3v) is 7.20. The molecule has 1 aromatic carbocycles. The summed E-state index contributed by atoms with van der Waals surface area (Å²) >= 11 is 0. The Kier molecular flexibility index (Phi) is 9.27. The molecule has 1 saturated heterocycles. The molecular formula is C25H29F2N2O9P. The van der Waals surface area contributed by atoms with E-state index in [1.807, 2.05) is 0 Å². The summed E-state index contributed by atoms with van der Waals surface area (Å²) in [4.78, 5) is 36.8. The van der Waals surface area contributed by atoms with Gasteiger partial charge in [-0.25, -0.2) is 13.3 Å². The number of para-hydroxylation sites is 1. The lowest BCUT2D eigenvalue weighted by molar-refractivity contribution is -0.209. The summed E-state index contributed by atoms with van der Waals surface area (Å²) in [5.74, 6) is -5.69. The number of nitrogens with one attached hydrogen (secondary N) is 1. The van der Waals surface area contributed by atoms with Crippen LogP contribution < -0.4 is 9.61 Å². The van der Waals surface area contributed by atoms with E-state index in [2.05, 4.69) is 17.4 Å². The number of amides is 1. The van der Waals surface area contributed by atoms with E-state index >= 15 is 8.78 Å². The Bertz CT molecular complexity index is 1220. The number of alkyl halides is 2. The molecular weight excluding hydrogens is 541 g/mol. The summed E-state index contributed by atoms with van der Waals surface area (Å²) in [6.45, 7) is 6.35. The number of carbonyl (C=O) groups is 3. The Hall–Kier alpha value is -3.18. The van der Waals surface area contributed by atoms with Crippen molar-refractivity contribution in [3.63, 3.8) is 0 Å². The van der Waals surface area contributed by atoms with Crippen molar-refractivity contribution in [3.05, 3.63) is 61.0 Å². The number of carbonyl (C=O) groups excluding carboxylic acids is 3. The third kappa shape index (κ3) is 6.88. The van der Waals surface area contributed by atoms with Crippen molar-refractivity contribution in [2.75, 3.05) is 6.61 Å². The van der Waals surface area contributed by atoms with Gasteiger partial charge in [0, 0.05) is 12.3 Å². The zero-order chi connectivity index (χ0) is 29.0. The minimum Gasteiger partial charge on any atom is -0.462 e. The Balaban J connectivity index is 1.89. The van der Waals surface area contributed by atoms with Gasteiger partial charge in [-0.15, -0.1) is 5.73 Å². The molecule has 2 N–H and O–H groups in total. The number of ketones is 1. The van der Waals surface area contributed by atoms with Crippen molar-refractivity contribution in [2.24, 2.45) is 0 Å². The maximum absolute atomic E-state index is 16.0. The highest BCUT2D eigenvalue weighted by Gasteiger charge is 2.67. The number of nitrogens with zero attached hydrogens (tertiary/aromatic N) is 1. The Morgan fingerprint density at radius 1 is 1.33 bits per heavy atom. The highest BCUT2D eigenvalue weighted by molar-refractivity contribution is 7.52. The number of allylic oxidation sites excluding steroid dienone is 1. The van der Waals surface area contributed by atoms with Crippen LogP contribution in [0, 0.1) is 0 Å². The minimum atomic E-state index is -4.63. The van der Waals surface area contributed by atoms with Gasteiger partial charge in [-0.2, -0.15) is 5.09 Å². The van der Waals surface area contributed by atoms with Crippen LogP contribution in [0.4, 0.5) is 8.78 Å². The second-order valence-electron chi connectivity index (χ2n) is 9.11. The number of aliphatic hydroxyl groups excluding tert-OH is 1. The summed E-state index contributed by atoms with van der Waals surface area (Å²) in [7, 11) is -4.63. The molecule has 1 unspecified atom stereocenters. The largest absolute Gasteiger partial charge is 0.462 e. The summed E-state index contributed by atoms with van der Waals surface area (Å²) in [5.41, 5.74) is -1.00. The molecule has 6 atom stereocenters.